The van der Waals surface area contributed by atoms with Gasteiger partial charge in [0.1, 0.15) is 11.0 Å². The maximum absolute atomic E-state index is 11.9. The van der Waals surface area contributed by atoms with Crippen molar-refractivity contribution < 1.29 is 9.53 Å². The number of carbonyl (C=O) groups excluding carboxylic acids is 1. The highest BCUT2D eigenvalue weighted by Gasteiger charge is 2.42. The molecule has 1 aliphatic rings. The smallest absolute Gasteiger partial charge is 0.313 e. The van der Waals surface area contributed by atoms with Crippen molar-refractivity contribution in [1.29, 1.82) is 0 Å². The third-order valence-corrected chi connectivity index (χ3v) is 5.80. The number of methoxy groups -OCH3 is 1. The Morgan fingerprint density at radius 2 is 2.33 bits per heavy atom. The number of carbonyl (C=O) groups is 1. The van der Waals surface area contributed by atoms with Gasteiger partial charge in [-0.05, 0) is 19.6 Å². The summed E-state index contributed by atoms with van der Waals surface area (Å²) in [5, 5.41) is 0. The molecule has 0 bridgehead atoms. The molecule has 1 unspecified atom stereocenters. The van der Waals surface area contributed by atoms with E-state index < -0.39 is 5.41 Å². The number of anilines is 1. The van der Waals surface area contributed by atoms with Gasteiger partial charge in [0.25, 0.3) is 0 Å². The molecule has 0 aliphatic carbocycles. The van der Waals surface area contributed by atoms with Gasteiger partial charge in [-0.3, -0.25) is 4.79 Å². The third kappa shape index (κ3) is 2.46. The summed E-state index contributed by atoms with van der Waals surface area (Å²) in [5.41, 5.74) is 0.250. The average molecular weight is 324 g/mol. The second kappa shape index (κ2) is 5.42. The highest BCUT2D eigenvalue weighted by atomic mass is 32.2. The molecule has 2 aromatic rings. The molecular weight excluding hydrogens is 308 g/mol. The summed E-state index contributed by atoms with van der Waals surface area (Å²) in [6, 6.07) is 0. The average Bonchev–Trinajstić information content (AvgIpc) is 3.10. The van der Waals surface area contributed by atoms with Crippen molar-refractivity contribution in [2.75, 3.05) is 31.4 Å². The zero-order valence-electron chi connectivity index (χ0n) is 12.1. The first-order chi connectivity index (χ1) is 10.1. The molecule has 21 heavy (non-hydrogen) atoms. The second-order valence-electron chi connectivity index (χ2n) is 5.26. The van der Waals surface area contributed by atoms with E-state index in [0.29, 0.717) is 6.54 Å². The number of fused-ring (bicyclic) bond motifs is 1. The van der Waals surface area contributed by atoms with Crippen molar-refractivity contribution in [2.45, 2.75) is 17.7 Å². The van der Waals surface area contributed by atoms with Crippen LogP contribution in [0.4, 0.5) is 5.82 Å². The normalized spacial score (nSPS) is 22.0. The lowest BCUT2D eigenvalue weighted by Gasteiger charge is -2.22. The van der Waals surface area contributed by atoms with Crippen molar-refractivity contribution in [2.24, 2.45) is 5.41 Å². The molecule has 3 rings (SSSR count). The van der Waals surface area contributed by atoms with Gasteiger partial charge in [0, 0.05) is 13.1 Å². The van der Waals surface area contributed by atoms with Crippen molar-refractivity contribution in [1.82, 2.24) is 15.0 Å². The number of thiazole rings is 1. The van der Waals surface area contributed by atoms with E-state index in [1.807, 2.05) is 13.2 Å². The third-order valence-electron chi connectivity index (χ3n) is 3.78. The van der Waals surface area contributed by atoms with E-state index in [-0.39, 0.29) is 5.97 Å². The van der Waals surface area contributed by atoms with E-state index in [2.05, 4.69) is 19.9 Å². The quantitative estimate of drug-likeness (QED) is 0.633. The SMILES string of the molecule is COC(=O)C1(C)CCN(c2ncnc3nc(SC)sc23)C1. The molecule has 0 amide bonds. The van der Waals surface area contributed by atoms with Gasteiger partial charge in [-0.15, -0.1) is 11.3 Å². The zero-order valence-corrected chi connectivity index (χ0v) is 13.8. The van der Waals surface area contributed by atoms with Crippen LogP contribution in [0.25, 0.3) is 10.3 Å². The maximum atomic E-state index is 11.9. The van der Waals surface area contributed by atoms with Crippen LogP contribution in [-0.2, 0) is 9.53 Å². The van der Waals surface area contributed by atoms with Crippen LogP contribution >= 0.6 is 23.1 Å². The molecule has 1 saturated heterocycles. The zero-order chi connectivity index (χ0) is 15.0. The largest absolute Gasteiger partial charge is 0.469 e. The van der Waals surface area contributed by atoms with Crippen molar-refractivity contribution in [3.8, 4) is 0 Å². The lowest BCUT2D eigenvalue weighted by Crippen LogP contribution is -2.33. The summed E-state index contributed by atoms with van der Waals surface area (Å²) in [6.45, 7) is 3.33. The molecule has 8 heteroatoms. The second-order valence-corrected chi connectivity index (χ2v) is 7.31. The van der Waals surface area contributed by atoms with Crippen LogP contribution in [-0.4, -0.2) is 47.4 Å². The summed E-state index contributed by atoms with van der Waals surface area (Å²) in [6.07, 6.45) is 4.30. The summed E-state index contributed by atoms with van der Waals surface area (Å²) in [4.78, 5) is 27.2. The van der Waals surface area contributed by atoms with Gasteiger partial charge in [-0.1, -0.05) is 11.8 Å². The molecule has 3 heterocycles. The minimum atomic E-state index is -0.473. The number of aromatic nitrogens is 3. The molecular formula is C13H16N4O2S2. The van der Waals surface area contributed by atoms with Gasteiger partial charge in [-0.2, -0.15) is 0 Å². The predicted octanol–water partition coefficient (Wildman–Crippen LogP) is 2.20. The van der Waals surface area contributed by atoms with Crippen molar-refractivity contribution in [3.63, 3.8) is 0 Å². The molecule has 6 nitrogen and oxygen atoms in total. The van der Waals surface area contributed by atoms with Gasteiger partial charge in [0.15, 0.2) is 15.8 Å². The Kier molecular flexibility index (Phi) is 3.75. The van der Waals surface area contributed by atoms with Gasteiger partial charge < -0.3 is 9.64 Å². The van der Waals surface area contributed by atoms with Crippen molar-refractivity contribution in [3.05, 3.63) is 6.33 Å². The van der Waals surface area contributed by atoms with E-state index in [4.69, 9.17) is 4.74 Å². The Hall–Kier alpha value is -1.41. The van der Waals surface area contributed by atoms with Gasteiger partial charge in [-0.25, -0.2) is 15.0 Å². The van der Waals surface area contributed by atoms with Gasteiger partial charge >= 0.3 is 5.97 Å². The van der Waals surface area contributed by atoms with Crippen molar-refractivity contribution >= 4 is 45.2 Å². The molecule has 1 aliphatic heterocycles. The number of ether oxygens (including phenoxy) is 1. The number of esters is 1. The van der Waals surface area contributed by atoms with E-state index in [9.17, 15) is 4.79 Å². The summed E-state index contributed by atoms with van der Waals surface area (Å²) >= 11 is 3.20. The molecule has 1 fully saturated rings. The minimum Gasteiger partial charge on any atom is -0.469 e. The van der Waals surface area contributed by atoms with Crippen LogP contribution in [0.2, 0.25) is 0 Å². The maximum Gasteiger partial charge on any atom is 0.313 e. The highest BCUT2D eigenvalue weighted by molar-refractivity contribution is 8.00. The number of rotatable bonds is 3. The molecule has 112 valence electrons. The first-order valence-electron chi connectivity index (χ1n) is 6.56. The minimum absolute atomic E-state index is 0.163. The number of nitrogens with zero attached hydrogens (tertiary/aromatic N) is 4. The molecule has 0 spiro atoms. The summed E-state index contributed by atoms with van der Waals surface area (Å²) in [5.74, 6) is 0.704. The van der Waals surface area contributed by atoms with E-state index in [0.717, 1.165) is 33.5 Å². The van der Waals surface area contributed by atoms with E-state index >= 15 is 0 Å². The molecule has 2 aromatic heterocycles. The number of hydrogen-bond donors (Lipinski definition) is 0. The molecule has 0 N–H and O–H groups in total. The monoisotopic (exact) mass is 324 g/mol. The van der Waals surface area contributed by atoms with Crippen LogP contribution in [0, 0.1) is 5.41 Å². The van der Waals surface area contributed by atoms with Gasteiger partial charge in [0.2, 0.25) is 0 Å². The Morgan fingerprint density at radius 3 is 3.05 bits per heavy atom. The van der Waals surface area contributed by atoms with Gasteiger partial charge in [0.05, 0.1) is 12.5 Å². The fraction of sp³-hybridized carbons (Fsp3) is 0.538. The summed E-state index contributed by atoms with van der Waals surface area (Å²) < 4.78 is 6.88. The Morgan fingerprint density at radius 1 is 1.52 bits per heavy atom. The lowest BCUT2D eigenvalue weighted by molar-refractivity contribution is -0.150. The predicted molar refractivity (Wildman–Crippen MR) is 83.9 cm³/mol. The van der Waals surface area contributed by atoms with E-state index in [1.165, 1.54) is 13.4 Å². The molecule has 0 radical (unpaired) electrons. The first kappa shape index (κ1) is 14.5. The Balaban J connectivity index is 1.95. The van der Waals surface area contributed by atoms with Crippen LogP contribution in [0.3, 0.4) is 0 Å². The van der Waals surface area contributed by atoms with Crippen LogP contribution in [0.15, 0.2) is 10.7 Å². The van der Waals surface area contributed by atoms with E-state index in [1.54, 1.807) is 23.1 Å². The Labute approximate surface area is 130 Å². The number of hydrogen-bond acceptors (Lipinski definition) is 8. The summed E-state index contributed by atoms with van der Waals surface area (Å²) in [7, 11) is 1.44. The fourth-order valence-corrected chi connectivity index (χ4v) is 4.12. The number of thioether (sulfide) groups is 1. The van der Waals surface area contributed by atoms with Crippen LogP contribution < -0.4 is 4.90 Å². The van der Waals surface area contributed by atoms with Crippen LogP contribution in [0.1, 0.15) is 13.3 Å². The Bertz CT molecular complexity index is 690. The topological polar surface area (TPSA) is 68.2 Å². The standard InChI is InChI=1S/C13H16N4O2S2/c1-13(11(18)19-2)4-5-17(6-13)10-8-9(14-7-15-10)16-12(20-3)21-8/h7H,4-6H2,1-3H3. The molecule has 0 aromatic carbocycles. The fourth-order valence-electron chi connectivity index (χ4n) is 2.59. The van der Waals surface area contributed by atoms with Crippen LogP contribution in [0.5, 0.6) is 0 Å². The molecule has 0 saturated carbocycles. The highest BCUT2D eigenvalue weighted by Crippen LogP contribution is 2.38. The molecule has 1 atom stereocenters. The lowest BCUT2D eigenvalue weighted by atomic mass is 9.90. The first-order valence-corrected chi connectivity index (χ1v) is 8.60.